The van der Waals surface area contributed by atoms with Crippen LogP contribution in [0.1, 0.15) is 30.8 Å². The molecule has 2 heterocycles. The highest BCUT2D eigenvalue weighted by molar-refractivity contribution is 5.92. The van der Waals surface area contributed by atoms with Crippen molar-refractivity contribution in [1.29, 1.82) is 0 Å². The zero-order valence-corrected chi connectivity index (χ0v) is 10.5. The number of carbonyl (C=O) groups excluding carboxylic acids is 1. The Morgan fingerprint density at radius 1 is 1.59 bits per heavy atom. The highest BCUT2D eigenvalue weighted by atomic mass is 16.2. The zero-order chi connectivity index (χ0) is 12.4. The maximum absolute atomic E-state index is 12.2. The third kappa shape index (κ3) is 2.49. The third-order valence-corrected chi connectivity index (χ3v) is 3.28. The highest BCUT2D eigenvalue weighted by Crippen LogP contribution is 2.23. The van der Waals surface area contributed by atoms with Gasteiger partial charge in [0.25, 0.3) is 5.91 Å². The minimum Gasteiger partial charge on any atom is -0.335 e. The van der Waals surface area contributed by atoms with E-state index in [4.69, 9.17) is 5.73 Å². The zero-order valence-electron chi connectivity index (χ0n) is 10.5. The molecule has 5 heteroatoms. The van der Waals surface area contributed by atoms with E-state index in [1.807, 2.05) is 9.47 Å². The van der Waals surface area contributed by atoms with E-state index in [1.165, 1.54) is 0 Å². The molecule has 1 fully saturated rings. The molecule has 2 rings (SSSR count). The van der Waals surface area contributed by atoms with Gasteiger partial charge in [0.1, 0.15) is 5.69 Å². The molecular weight excluding hydrogens is 216 g/mol. The average Bonchev–Trinajstić information content (AvgIpc) is 2.85. The number of imidazole rings is 1. The molecule has 2 atom stereocenters. The highest BCUT2D eigenvalue weighted by Gasteiger charge is 2.31. The molecular formula is C12H20N4O. The fourth-order valence-electron chi connectivity index (χ4n) is 2.47. The van der Waals surface area contributed by atoms with Crippen molar-refractivity contribution >= 4 is 5.91 Å². The molecule has 1 aliphatic heterocycles. The van der Waals surface area contributed by atoms with Gasteiger partial charge < -0.3 is 15.2 Å². The molecule has 0 spiro atoms. The molecule has 1 aromatic heterocycles. The van der Waals surface area contributed by atoms with Crippen LogP contribution in [0.2, 0.25) is 0 Å². The summed E-state index contributed by atoms with van der Waals surface area (Å²) >= 11 is 0. The van der Waals surface area contributed by atoms with Gasteiger partial charge in [0.2, 0.25) is 0 Å². The van der Waals surface area contributed by atoms with Gasteiger partial charge in [0.15, 0.2) is 0 Å². The summed E-state index contributed by atoms with van der Waals surface area (Å²) in [6.45, 7) is 6.37. The molecule has 1 amide bonds. The van der Waals surface area contributed by atoms with Crippen molar-refractivity contribution in [2.45, 2.75) is 32.9 Å². The normalized spacial score (nSPS) is 24.3. The largest absolute Gasteiger partial charge is 0.335 e. The predicted molar refractivity (Wildman–Crippen MR) is 65.6 cm³/mol. The number of nitrogens with two attached hydrogens (primary N) is 1. The monoisotopic (exact) mass is 236 g/mol. The van der Waals surface area contributed by atoms with E-state index in [-0.39, 0.29) is 5.91 Å². The van der Waals surface area contributed by atoms with Crippen LogP contribution in [0.15, 0.2) is 12.5 Å². The van der Waals surface area contributed by atoms with Crippen LogP contribution < -0.4 is 5.73 Å². The van der Waals surface area contributed by atoms with E-state index in [0.717, 1.165) is 13.0 Å². The van der Waals surface area contributed by atoms with Gasteiger partial charge in [-0.3, -0.25) is 4.79 Å². The Bertz CT molecular complexity index is 401. The molecule has 1 saturated heterocycles. The summed E-state index contributed by atoms with van der Waals surface area (Å²) in [5, 5.41) is 0. The summed E-state index contributed by atoms with van der Waals surface area (Å²) in [6.07, 6.45) is 4.53. The van der Waals surface area contributed by atoms with Crippen molar-refractivity contribution in [2.24, 2.45) is 11.7 Å². The minimum absolute atomic E-state index is 0.0395. The Morgan fingerprint density at radius 3 is 2.94 bits per heavy atom. The van der Waals surface area contributed by atoms with E-state index >= 15 is 0 Å². The lowest BCUT2D eigenvalue weighted by Gasteiger charge is -2.20. The number of nitrogens with zero attached hydrogens (tertiary/aromatic N) is 3. The lowest BCUT2D eigenvalue weighted by molar-refractivity contribution is 0.0738. The van der Waals surface area contributed by atoms with Crippen molar-refractivity contribution < 1.29 is 4.79 Å². The number of hydrogen-bond acceptors (Lipinski definition) is 3. The van der Waals surface area contributed by atoms with Crippen LogP contribution in [0.3, 0.4) is 0 Å². The van der Waals surface area contributed by atoms with Crippen LogP contribution in [0.5, 0.6) is 0 Å². The van der Waals surface area contributed by atoms with E-state index in [9.17, 15) is 4.79 Å². The van der Waals surface area contributed by atoms with Gasteiger partial charge in [-0.25, -0.2) is 4.98 Å². The number of likely N-dealkylation sites (tertiary alicyclic amines) is 1. The minimum atomic E-state index is 0.0395. The van der Waals surface area contributed by atoms with Gasteiger partial charge >= 0.3 is 0 Å². The fraction of sp³-hybridized carbons (Fsp3) is 0.667. The first-order valence-electron chi connectivity index (χ1n) is 6.14. The first-order valence-corrected chi connectivity index (χ1v) is 6.14. The van der Waals surface area contributed by atoms with Crippen molar-refractivity contribution in [3.8, 4) is 0 Å². The second kappa shape index (κ2) is 4.87. The number of amides is 1. The first-order chi connectivity index (χ1) is 8.11. The van der Waals surface area contributed by atoms with E-state index < -0.39 is 0 Å². The van der Waals surface area contributed by atoms with Crippen molar-refractivity contribution in [1.82, 2.24) is 14.5 Å². The average molecular weight is 236 g/mol. The lowest BCUT2D eigenvalue weighted by atomic mass is 10.1. The number of carbonyl (C=O) groups is 1. The van der Waals surface area contributed by atoms with Crippen molar-refractivity contribution in [3.05, 3.63) is 18.2 Å². The third-order valence-electron chi connectivity index (χ3n) is 3.28. The molecule has 1 aromatic rings. The van der Waals surface area contributed by atoms with E-state index in [2.05, 4.69) is 18.8 Å². The summed E-state index contributed by atoms with van der Waals surface area (Å²) in [4.78, 5) is 18.3. The Balaban J connectivity index is 2.08. The van der Waals surface area contributed by atoms with Crippen molar-refractivity contribution in [2.75, 3.05) is 13.1 Å². The van der Waals surface area contributed by atoms with Crippen LogP contribution in [0.25, 0.3) is 0 Å². The Labute approximate surface area is 102 Å². The van der Waals surface area contributed by atoms with Gasteiger partial charge in [-0.15, -0.1) is 0 Å². The molecule has 2 N–H and O–H groups in total. The van der Waals surface area contributed by atoms with Gasteiger partial charge in [0.05, 0.1) is 6.33 Å². The van der Waals surface area contributed by atoms with Crippen molar-refractivity contribution in [3.63, 3.8) is 0 Å². The van der Waals surface area contributed by atoms with Gasteiger partial charge in [-0.05, 0) is 19.3 Å². The van der Waals surface area contributed by atoms with Gasteiger partial charge in [0, 0.05) is 31.9 Å². The van der Waals surface area contributed by atoms with Crippen LogP contribution in [0, 0.1) is 5.92 Å². The second-order valence-corrected chi connectivity index (χ2v) is 4.93. The topological polar surface area (TPSA) is 64.2 Å². The van der Waals surface area contributed by atoms with E-state index in [1.54, 1.807) is 12.5 Å². The molecule has 94 valence electrons. The quantitative estimate of drug-likeness (QED) is 0.840. The number of rotatable bonds is 3. The maximum atomic E-state index is 12.2. The van der Waals surface area contributed by atoms with Crippen LogP contribution in [-0.4, -0.2) is 39.5 Å². The molecule has 0 aliphatic carbocycles. The van der Waals surface area contributed by atoms with Gasteiger partial charge in [-0.1, -0.05) is 6.92 Å². The van der Waals surface area contributed by atoms with Crippen LogP contribution in [0.4, 0.5) is 0 Å². The SMILES string of the molecule is CC1CC(C)N(C(=O)c2cn(CCN)cn2)C1. The molecule has 0 radical (unpaired) electrons. The fourth-order valence-corrected chi connectivity index (χ4v) is 2.47. The standard InChI is InChI=1S/C12H20N4O/c1-9-5-10(2)16(6-9)12(17)11-7-15(4-3-13)8-14-11/h7-10H,3-6,13H2,1-2H3. The Hall–Kier alpha value is -1.36. The lowest BCUT2D eigenvalue weighted by Crippen LogP contribution is -2.34. The predicted octanol–water partition coefficient (Wildman–Crippen LogP) is 0.712. The van der Waals surface area contributed by atoms with E-state index in [0.29, 0.717) is 30.7 Å². The maximum Gasteiger partial charge on any atom is 0.274 e. The summed E-state index contributed by atoms with van der Waals surface area (Å²) in [5.74, 6) is 0.623. The summed E-state index contributed by atoms with van der Waals surface area (Å²) in [5.41, 5.74) is 5.99. The molecule has 1 aliphatic rings. The smallest absolute Gasteiger partial charge is 0.274 e. The number of aromatic nitrogens is 2. The summed E-state index contributed by atoms with van der Waals surface area (Å²) < 4.78 is 1.86. The first kappa shape index (κ1) is 12.1. The Kier molecular flexibility index (Phi) is 3.47. The summed E-state index contributed by atoms with van der Waals surface area (Å²) in [7, 11) is 0. The second-order valence-electron chi connectivity index (χ2n) is 4.93. The van der Waals surface area contributed by atoms with Gasteiger partial charge in [-0.2, -0.15) is 0 Å². The van der Waals surface area contributed by atoms with Crippen LogP contribution in [-0.2, 0) is 6.54 Å². The molecule has 2 unspecified atom stereocenters. The summed E-state index contributed by atoms with van der Waals surface area (Å²) in [6, 6.07) is 0.317. The Morgan fingerprint density at radius 2 is 2.35 bits per heavy atom. The molecule has 17 heavy (non-hydrogen) atoms. The molecule has 5 nitrogen and oxygen atoms in total. The van der Waals surface area contributed by atoms with Crippen LogP contribution >= 0.6 is 0 Å². The molecule has 0 saturated carbocycles. The molecule has 0 bridgehead atoms. The molecule has 0 aromatic carbocycles. The number of hydrogen-bond donors (Lipinski definition) is 1.